The number of benzene rings is 1. The lowest BCUT2D eigenvalue weighted by molar-refractivity contribution is -0.0514. The molecule has 2 rings (SSSR count). The van der Waals surface area contributed by atoms with Crippen molar-refractivity contribution in [2.24, 2.45) is 0 Å². The van der Waals surface area contributed by atoms with E-state index < -0.39 is 6.61 Å². The number of hydrogen-bond acceptors (Lipinski definition) is 6. The van der Waals surface area contributed by atoms with Gasteiger partial charge in [0, 0.05) is 18.5 Å². The molecule has 0 aliphatic heterocycles. The molecule has 0 aliphatic carbocycles. The highest BCUT2D eigenvalue weighted by atomic mass is 19.3. The summed E-state index contributed by atoms with van der Waals surface area (Å²) in [5.74, 6) is 1.22. The molecule has 1 atom stereocenters. The number of ether oxygens (including phenoxy) is 2. The van der Waals surface area contributed by atoms with Crippen molar-refractivity contribution in [3.8, 4) is 11.5 Å². The largest absolute Gasteiger partial charge is 0.490 e. The zero-order valence-corrected chi connectivity index (χ0v) is 14.3. The Morgan fingerprint density at radius 1 is 1.28 bits per heavy atom. The smallest absolute Gasteiger partial charge is 0.387 e. The second-order valence-corrected chi connectivity index (χ2v) is 5.29. The highest BCUT2D eigenvalue weighted by molar-refractivity contribution is 5.67. The van der Waals surface area contributed by atoms with E-state index in [9.17, 15) is 8.78 Å². The fourth-order valence-corrected chi connectivity index (χ4v) is 2.05. The van der Waals surface area contributed by atoms with Crippen LogP contribution in [-0.2, 0) is 6.42 Å². The SMILES string of the molecule is CCOc1cc(/C=C/c2nc(CC(C)NC)no2)ccc1OC(F)F. The van der Waals surface area contributed by atoms with Gasteiger partial charge in [-0.15, -0.1) is 0 Å². The Kier molecular flexibility index (Phi) is 6.88. The molecule has 0 bridgehead atoms. The zero-order chi connectivity index (χ0) is 18.2. The lowest BCUT2D eigenvalue weighted by atomic mass is 10.2. The quantitative estimate of drug-likeness (QED) is 0.745. The number of alkyl halides is 2. The highest BCUT2D eigenvalue weighted by Crippen LogP contribution is 2.30. The first-order chi connectivity index (χ1) is 12.0. The number of nitrogens with zero attached hydrogens (tertiary/aromatic N) is 2. The van der Waals surface area contributed by atoms with Crippen molar-refractivity contribution in [2.75, 3.05) is 13.7 Å². The third kappa shape index (κ3) is 5.82. The molecule has 1 N–H and O–H groups in total. The molecule has 1 unspecified atom stereocenters. The summed E-state index contributed by atoms with van der Waals surface area (Å²) in [4.78, 5) is 4.27. The number of aromatic nitrogens is 2. The Balaban J connectivity index is 2.11. The maximum Gasteiger partial charge on any atom is 0.387 e. The predicted molar refractivity (Wildman–Crippen MR) is 89.7 cm³/mol. The standard InChI is InChI=1S/C17H21F2N3O3/c1-4-23-14-10-12(5-7-13(14)24-17(18)19)6-8-16-21-15(22-25-16)9-11(2)20-3/h5-8,10-11,17,20H,4,9H2,1-3H3/b8-6+. The molecule has 0 aliphatic rings. The molecule has 0 radical (unpaired) electrons. The molecule has 8 heteroatoms. The monoisotopic (exact) mass is 353 g/mol. The third-order valence-electron chi connectivity index (χ3n) is 3.37. The van der Waals surface area contributed by atoms with Crippen LogP contribution in [0.25, 0.3) is 12.2 Å². The van der Waals surface area contributed by atoms with E-state index in [1.807, 2.05) is 14.0 Å². The normalized spacial score (nSPS) is 12.7. The topological polar surface area (TPSA) is 69.4 Å². The van der Waals surface area contributed by atoms with Crippen molar-refractivity contribution in [1.29, 1.82) is 0 Å². The Labute approximate surface area is 144 Å². The summed E-state index contributed by atoms with van der Waals surface area (Å²) in [5.41, 5.74) is 0.730. The van der Waals surface area contributed by atoms with Gasteiger partial charge >= 0.3 is 6.61 Å². The van der Waals surface area contributed by atoms with Gasteiger partial charge in [-0.05, 0) is 44.7 Å². The minimum atomic E-state index is -2.91. The van der Waals surface area contributed by atoms with Gasteiger partial charge in [0.1, 0.15) is 0 Å². The summed E-state index contributed by atoms with van der Waals surface area (Å²) >= 11 is 0. The fourth-order valence-electron chi connectivity index (χ4n) is 2.05. The molecule has 1 heterocycles. The van der Waals surface area contributed by atoms with Crippen LogP contribution in [0.2, 0.25) is 0 Å². The molecule has 1 aromatic carbocycles. The second-order valence-electron chi connectivity index (χ2n) is 5.29. The summed E-state index contributed by atoms with van der Waals surface area (Å²) in [6, 6.07) is 4.92. The van der Waals surface area contributed by atoms with Crippen molar-refractivity contribution in [2.45, 2.75) is 32.9 Å². The molecular weight excluding hydrogens is 332 g/mol. The molecule has 6 nitrogen and oxygen atoms in total. The lowest BCUT2D eigenvalue weighted by Gasteiger charge is -2.11. The number of halogens is 2. The Hall–Kier alpha value is -2.48. The number of likely N-dealkylation sites (N-methyl/N-ethyl adjacent to an activating group) is 1. The maximum atomic E-state index is 12.4. The minimum absolute atomic E-state index is 0.00451. The zero-order valence-electron chi connectivity index (χ0n) is 14.3. The van der Waals surface area contributed by atoms with Crippen molar-refractivity contribution < 1.29 is 22.8 Å². The number of hydrogen-bond donors (Lipinski definition) is 1. The van der Waals surface area contributed by atoms with Crippen molar-refractivity contribution in [3.63, 3.8) is 0 Å². The van der Waals surface area contributed by atoms with Crippen molar-refractivity contribution in [3.05, 3.63) is 35.5 Å². The van der Waals surface area contributed by atoms with Gasteiger partial charge in [-0.25, -0.2) is 0 Å². The summed E-state index contributed by atoms with van der Waals surface area (Å²) in [6.45, 7) is 1.21. The summed E-state index contributed by atoms with van der Waals surface area (Å²) in [5, 5.41) is 7.00. The van der Waals surface area contributed by atoms with Crippen LogP contribution < -0.4 is 14.8 Å². The van der Waals surface area contributed by atoms with Gasteiger partial charge in [0.2, 0.25) is 0 Å². The maximum absolute atomic E-state index is 12.4. The molecule has 0 amide bonds. The van der Waals surface area contributed by atoms with E-state index in [4.69, 9.17) is 9.26 Å². The van der Waals surface area contributed by atoms with Gasteiger partial charge < -0.3 is 19.3 Å². The number of rotatable bonds is 9. The Morgan fingerprint density at radius 2 is 2.08 bits per heavy atom. The first kappa shape index (κ1) is 18.9. The van der Waals surface area contributed by atoms with Crippen LogP contribution in [0.3, 0.4) is 0 Å². The van der Waals surface area contributed by atoms with Gasteiger partial charge in [-0.1, -0.05) is 11.2 Å². The van der Waals surface area contributed by atoms with E-state index in [2.05, 4.69) is 20.2 Å². The molecule has 0 fully saturated rings. The Morgan fingerprint density at radius 3 is 2.76 bits per heavy atom. The van der Waals surface area contributed by atoms with Crippen molar-refractivity contribution in [1.82, 2.24) is 15.5 Å². The van der Waals surface area contributed by atoms with Gasteiger partial charge in [0.25, 0.3) is 5.89 Å². The summed E-state index contributed by atoms with van der Waals surface area (Å²) in [7, 11) is 1.86. The summed E-state index contributed by atoms with van der Waals surface area (Å²) in [6.07, 6.45) is 4.04. The fraction of sp³-hybridized carbons (Fsp3) is 0.412. The lowest BCUT2D eigenvalue weighted by Crippen LogP contribution is -2.24. The number of nitrogens with one attached hydrogen (secondary N) is 1. The predicted octanol–water partition coefficient (Wildman–Crippen LogP) is 3.39. The molecule has 0 saturated carbocycles. The van der Waals surface area contributed by atoms with Crippen LogP contribution in [0.1, 0.15) is 31.1 Å². The van der Waals surface area contributed by atoms with Crippen LogP contribution in [0.15, 0.2) is 22.7 Å². The van der Waals surface area contributed by atoms with E-state index in [0.29, 0.717) is 24.7 Å². The van der Waals surface area contributed by atoms with Gasteiger partial charge in [0.15, 0.2) is 17.3 Å². The highest BCUT2D eigenvalue weighted by Gasteiger charge is 2.11. The average molecular weight is 353 g/mol. The molecule has 0 saturated heterocycles. The molecule has 2 aromatic rings. The van der Waals surface area contributed by atoms with E-state index >= 15 is 0 Å². The molecule has 25 heavy (non-hydrogen) atoms. The van der Waals surface area contributed by atoms with Gasteiger partial charge in [-0.3, -0.25) is 0 Å². The van der Waals surface area contributed by atoms with Crippen LogP contribution in [-0.4, -0.2) is 36.4 Å². The van der Waals surface area contributed by atoms with Crippen LogP contribution in [0, 0.1) is 0 Å². The third-order valence-corrected chi connectivity index (χ3v) is 3.37. The minimum Gasteiger partial charge on any atom is -0.490 e. The second kappa shape index (κ2) is 9.12. The van der Waals surface area contributed by atoms with E-state index in [1.165, 1.54) is 6.07 Å². The molecule has 136 valence electrons. The van der Waals surface area contributed by atoms with E-state index in [0.717, 1.165) is 5.56 Å². The first-order valence-electron chi connectivity index (χ1n) is 7.91. The van der Waals surface area contributed by atoms with E-state index in [-0.39, 0.29) is 17.5 Å². The Bertz CT molecular complexity index is 704. The molecular formula is C17H21F2N3O3. The molecule has 1 aromatic heterocycles. The van der Waals surface area contributed by atoms with E-state index in [1.54, 1.807) is 31.2 Å². The molecule has 0 spiro atoms. The van der Waals surface area contributed by atoms with Crippen LogP contribution >= 0.6 is 0 Å². The summed E-state index contributed by atoms with van der Waals surface area (Å²) < 4.78 is 39.7. The average Bonchev–Trinajstić information content (AvgIpc) is 3.02. The van der Waals surface area contributed by atoms with Gasteiger partial charge in [-0.2, -0.15) is 13.8 Å². The first-order valence-corrected chi connectivity index (χ1v) is 7.91. The van der Waals surface area contributed by atoms with Crippen LogP contribution in [0.4, 0.5) is 8.78 Å². The van der Waals surface area contributed by atoms with Crippen LogP contribution in [0.5, 0.6) is 11.5 Å². The van der Waals surface area contributed by atoms with Crippen molar-refractivity contribution >= 4 is 12.2 Å². The van der Waals surface area contributed by atoms with Gasteiger partial charge in [0.05, 0.1) is 6.61 Å².